The van der Waals surface area contributed by atoms with Gasteiger partial charge in [0, 0.05) is 21.8 Å². The number of nitrogen functional groups attached to an aromatic ring is 1. The van der Waals surface area contributed by atoms with Crippen LogP contribution >= 0.6 is 15.9 Å². The molecular weight excluding hydrogens is 344 g/mol. The highest BCUT2D eigenvalue weighted by molar-refractivity contribution is 9.10. The molecular formula is C13H8BrF2N5. The summed E-state index contributed by atoms with van der Waals surface area (Å²) >= 11 is 3.39. The van der Waals surface area contributed by atoms with Crippen LogP contribution in [-0.4, -0.2) is 20.2 Å². The molecule has 0 unspecified atom stereocenters. The lowest BCUT2D eigenvalue weighted by Crippen LogP contribution is -2.03. The van der Waals surface area contributed by atoms with Gasteiger partial charge in [-0.1, -0.05) is 12.1 Å². The minimum atomic E-state index is -1.02. The van der Waals surface area contributed by atoms with Crippen LogP contribution in [0.1, 0.15) is 0 Å². The third kappa shape index (κ3) is 2.38. The van der Waals surface area contributed by atoms with Crippen molar-refractivity contribution in [3.8, 4) is 17.1 Å². The summed E-state index contributed by atoms with van der Waals surface area (Å²) < 4.78 is 28.8. The van der Waals surface area contributed by atoms with Crippen molar-refractivity contribution in [1.29, 1.82) is 0 Å². The molecule has 3 aromatic rings. The van der Waals surface area contributed by atoms with Gasteiger partial charge in [-0.3, -0.25) is 0 Å². The quantitative estimate of drug-likeness (QED) is 0.720. The molecule has 0 aliphatic rings. The van der Waals surface area contributed by atoms with Gasteiger partial charge in [-0.15, -0.1) is 5.10 Å². The van der Waals surface area contributed by atoms with E-state index in [1.165, 1.54) is 4.68 Å². The van der Waals surface area contributed by atoms with Gasteiger partial charge in [-0.25, -0.2) is 8.78 Å². The van der Waals surface area contributed by atoms with Gasteiger partial charge in [-0.05, 0) is 44.6 Å². The Hall–Kier alpha value is -2.35. The lowest BCUT2D eigenvalue weighted by atomic mass is 10.1. The number of hydrogen-bond donors (Lipinski definition) is 1. The SMILES string of the molecule is Nc1cc(F)c(F)cc1-c1nnnn1-c1ccccc1Br. The number of rotatable bonds is 2. The summed E-state index contributed by atoms with van der Waals surface area (Å²) in [5.41, 5.74) is 6.66. The monoisotopic (exact) mass is 351 g/mol. The van der Waals surface area contributed by atoms with Crippen LogP contribution in [0.5, 0.6) is 0 Å². The molecule has 5 nitrogen and oxygen atoms in total. The molecule has 0 amide bonds. The molecule has 0 fully saturated rings. The Morgan fingerprint density at radius 3 is 2.57 bits per heavy atom. The zero-order valence-electron chi connectivity index (χ0n) is 10.5. The maximum absolute atomic E-state index is 13.4. The summed E-state index contributed by atoms with van der Waals surface area (Å²) in [6.45, 7) is 0. The third-order valence-electron chi connectivity index (χ3n) is 2.88. The topological polar surface area (TPSA) is 69.6 Å². The van der Waals surface area contributed by atoms with Gasteiger partial charge < -0.3 is 5.73 Å². The summed E-state index contributed by atoms with van der Waals surface area (Å²) in [4.78, 5) is 0. The van der Waals surface area contributed by atoms with E-state index in [0.29, 0.717) is 5.69 Å². The van der Waals surface area contributed by atoms with E-state index >= 15 is 0 Å². The number of benzene rings is 2. The lowest BCUT2D eigenvalue weighted by Gasteiger charge is -2.08. The highest BCUT2D eigenvalue weighted by Gasteiger charge is 2.17. The number of tetrazole rings is 1. The fourth-order valence-electron chi connectivity index (χ4n) is 1.90. The van der Waals surface area contributed by atoms with Crippen LogP contribution in [0.15, 0.2) is 40.9 Å². The number of nitrogens with two attached hydrogens (primary N) is 1. The average molecular weight is 352 g/mol. The van der Waals surface area contributed by atoms with Crippen molar-refractivity contribution >= 4 is 21.6 Å². The molecule has 1 heterocycles. The number of para-hydroxylation sites is 1. The molecule has 0 aliphatic heterocycles. The molecule has 0 saturated carbocycles. The first-order chi connectivity index (χ1) is 10.1. The van der Waals surface area contributed by atoms with Crippen molar-refractivity contribution in [1.82, 2.24) is 20.2 Å². The minimum absolute atomic E-state index is 0.0528. The molecule has 3 rings (SSSR count). The van der Waals surface area contributed by atoms with E-state index in [1.807, 2.05) is 12.1 Å². The largest absolute Gasteiger partial charge is 0.398 e. The Labute approximate surface area is 126 Å². The number of halogens is 3. The number of aromatic nitrogens is 4. The second-order valence-corrected chi connectivity index (χ2v) is 5.07. The molecule has 1 aromatic heterocycles. The van der Waals surface area contributed by atoms with Crippen LogP contribution in [0.3, 0.4) is 0 Å². The number of hydrogen-bond acceptors (Lipinski definition) is 4. The summed E-state index contributed by atoms with van der Waals surface area (Å²) in [5, 5.41) is 11.3. The van der Waals surface area contributed by atoms with Gasteiger partial charge in [0.2, 0.25) is 0 Å². The van der Waals surface area contributed by atoms with Gasteiger partial charge in [0.15, 0.2) is 17.5 Å². The molecule has 21 heavy (non-hydrogen) atoms. The molecule has 0 saturated heterocycles. The molecule has 0 aliphatic carbocycles. The maximum Gasteiger partial charge on any atom is 0.189 e. The highest BCUT2D eigenvalue weighted by Crippen LogP contribution is 2.29. The van der Waals surface area contributed by atoms with Crippen molar-refractivity contribution in [3.05, 3.63) is 52.5 Å². The van der Waals surface area contributed by atoms with E-state index in [0.717, 1.165) is 16.6 Å². The second kappa shape index (κ2) is 5.21. The lowest BCUT2D eigenvalue weighted by molar-refractivity contribution is 0.509. The summed E-state index contributed by atoms with van der Waals surface area (Å²) in [7, 11) is 0. The Bertz CT molecular complexity index is 818. The molecule has 0 atom stereocenters. The van der Waals surface area contributed by atoms with E-state index in [1.54, 1.807) is 12.1 Å². The van der Waals surface area contributed by atoms with Gasteiger partial charge in [0.05, 0.1) is 5.69 Å². The van der Waals surface area contributed by atoms with Crippen molar-refractivity contribution in [3.63, 3.8) is 0 Å². The van der Waals surface area contributed by atoms with Crippen molar-refractivity contribution < 1.29 is 8.78 Å². The van der Waals surface area contributed by atoms with E-state index in [-0.39, 0.29) is 17.1 Å². The summed E-state index contributed by atoms with van der Waals surface area (Å²) in [6, 6.07) is 9.12. The maximum atomic E-state index is 13.4. The predicted molar refractivity (Wildman–Crippen MR) is 76.6 cm³/mol. The van der Waals surface area contributed by atoms with Crippen molar-refractivity contribution in [2.45, 2.75) is 0 Å². The van der Waals surface area contributed by atoms with Crippen LogP contribution in [0.4, 0.5) is 14.5 Å². The van der Waals surface area contributed by atoms with Gasteiger partial charge >= 0.3 is 0 Å². The summed E-state index contributed by atoms with van der Waals surface area (Å²) in [6.07, 6.45) is 0. The Kier molecular flexibility index (Phi) is 3.38. The van der Waals surface area contributed by atoms with Gasteiger partial charge in [-0.2, -0.15) is 4.68 Å². The Balaban J connectivity index is 2.21. The highest BCUT2D eigenvalue weighted by atomic mass is 79.9. The molecule has 2 N–H and O–H groups in total. The van der Waals surface area contributed by atoms with Crippen LogP contribution in [0, 0.1) is 11.6 Å². The molecule has 2 aromatic carbocycles. The number of nitrogens with zero attached hydrogens (tertiary/aromatic N) is 4. The smallest absolute Gasteiger partial charge is 0.189 e. The van der Waals surface area contributed by atoms with Crippen molar-refractivity contribution in [2.24, 2.45) is 0 Å². The minimum Gasteiger partial charge on any atom is -0.398 e. The van der Waals surface area contributed by atoms with Crippen LogP contribution in [-0.2, 0) is 0 Å². The van der Waals surface area contributed by atoms with Crippen molar-refractivity contribution in [2.75, 3.05) is 5.73 Å². The van der Waals surface area contributed by atoms with E-state index < -0.39 is 11.6 Å². The fourth-order valence-corrected chi connectivity index (χ4v) is 2.35. The zero-order chi connectivity index (χ0) is 15.0. The molecule has 0 radical (unpaired) electrons. The van der Waals surface area contributed by atoms with Gasteiger partial charge in [0.25, 0.3) is 0 Å². The van der Waals surface area contributed by atoms with E-state index in [4.69, 9.17) is 5.73 Å². The number of anilines is 1. The normalized spacial score (nSPS) is 10.8. The first-order valence-electron chi connectivity index (χ1n) is 5.86. The first kappa shape index (κ1) is 13.6. The summed E-state index contributed by atoms with van der Waals surface area (Å²) in [5.74, 6) is -1.81. The van der Waals surface area contributed by atoms with E-state index in [9.17, 15) is 8.78 Å². The predicted octanol–water partition coefficient (Wildman–Crippen LogP) is 2.95. The van der Waals surface area contributed by atoms with E-state index in [2.05, 4.69) is 31.5 Å². The first-order valence-corrected chi connectivity index (χ1v) is 6.65. The van der Waals surface area contributed by atoms with Gasteiger partial charge in [0.1, 0.15) is 0 Å². The Morgan fingerprint density at radius 1 is 1.10 bits per heavy atom. The molecule has 106 valence electrons. The second-order valence-electron chi connectivity index (χ2n) is 4.22. The van der Waals surface area contributed by atoms with Crippen LogP contribution in [0.2, 0.25) is 0 Å². The molecule has 0 spiro atoms. The van der Waals surface area contributed by atoms with Crippen LogP contribution < -0.4 is 5.73 Å². The van der Waals surface area contributed by atoms with Crippen LogP contribution in [0.25, 0.3) is 17.1 Å². The average Bonchev–Trinajstić information content (AvgIpc) is 2.92. The third-order valence-corrected chi connectivity index (χ3v) is 3.55. The molecule has 0 bridgehead atoms. The zero-order valence-corrected chi connectivity index (χ0v) is 12.1. The standard InChI is InChI=1S/C13H8BrF2N5/c14-8-3-1-2-4-12(8)21-13(18-19-20-21)7-5-9(15)10(16)6-11(7)17/h1-6H,17H2. The fraction of sp³-hybridized carbons (Fsp3) is 0. The molecule has 8 heteroatoms. The Morgan fingerprint density at radius 2 is 1.81 bits per heavy atom.